The fourth-order valence-electron chi connectivity index (χ4n) is 5.49. The van der Waals surface area contributed by atoms with Crippen molar-refractivity contribution in [3.05, 3.63) is 58.3 Å². The number of nitrogens with zero attached hydrogens (tertiary/aromatic N) is 6. The zero-order valence-electron chi connectivity index (χ0n) is 24.4. The molecule has 13 heteroatoms. The summed E-state index contributed by atoms with van der Waals surface area (Å²) in [7, 11) is -1.19. The zero-order valence-corrected chi connectivity index (χ0v) is 26.7. The summed E-state index contributed by atoms with van der Waals surface area (Å²) in [6, 6.07) is 9.22. The van der Waals surface area contributed by atoms with Crippen molar-refractivity contribution in [1.82, 2.24) is 24.8 Å². The second-order valence-corrected chi connectivity index (χ2v) is 14.5. The van der Waals surface area contributed by atoms with Crippen molar-refractivity contribution in [3.8, 4) is 22.9 Å². The second-order valence-electron chi connectivity index (χ2n) is 11.5. The van der Waals surface area contributed by atoms with E-state index in [2.05, 4.69) is 31.7 Å². The van der Waals surface area contributed by atoms with E-state index >= 15 is 0 Å². The van der Waals surface area contributed by atoms with Gasteiger partial charge in [0.1, 0.15) is 11.5 Å². The lowest BCUT2D eigenvalue weighted by atomic mass is 9.92. The van der Waals surface area contributed by atoms with Crippen LogP contribution in [0, 0.1) is 5.92 Å². The number of piperazine rings is 1. The number of hydrogen-bond donors (Lipinski definition) is 0. The molecule has 10 nitrogen and oxygen atoms in total. The number of aromatic nitrogens is 3. The Bertz CT molecular complexity index is 1520. The summed E-state index contributed by atoms with van der Waals surface area (Å²) in [6.45, 7) is 5.94. The quantitative estimate of drug-likeness (QED) is 0.310. The lowest BCUT2D eigenvalue weighted by Gasteiger charge is -2.32. The second kappa shape index (κ2) is 13.9. The molecule has 1 aromatic carbocycles. The largest absolute Gasteiger partial charge is 0.436 e. The van der Waals surface area contributed by atoms with Gasteiger partial charge in [0.25, 0.3) is 0 Å². The van der Waals surface area contributed by atoms with E-state index in [1.165, 1.54) is 0 Å². The van der Waals surface area contributed by atoms with Crippen LogP contribution in [0.3, 0.4) is 0 Å². The smallest absolute Gasteiger partial charge is 0.225 e. The number of hydrogen-bond acceptors (Lipinski definition) is 10. The molecule has 2 fully saturated rings. The van der Waals surface area contributed by atoms with Crippen molar-refractivity contribution >= 4 is 44.8 Å². The Hall–Kier alpha value is -2.83. The minimum absolute atomic E-state index is 0.194. The van der Waals surface area contributed by atoms with Crippen LogP contribution < -0.4 is 9.64 Å². The number of halogens is 2. The van der Waals surface area contributed by atoms with Gasteiger partial charge >= 0.3 is 0 Å². The number of likely N-dealkylation sites (N-methyl/N-ethyl adjacent to an activating group) is 1. The predicted octanol–water partition coefficient (Wildman–Crippen LogP) is 4.61. The molecule has 2 aromatic heterocycles. The average Bonchev–Trinajstić information content (AvgIpc) is 2.93. The summed E-state index contributed by atoms with van der Waals surface area (Å²) < 4.78 is 29.1. The van der Waals surface area contributed by atoms with E-state index in [-0.39, 0.29) is 17.5 Å². The molecule has 2 aliphatic rings. The van der Waals surface area contributed by atoms with E-state index in [1.54, 1.807) is 18.5 Å². The number of ether oxygens (including phenoxy) is 1. The molecule has 2 aliphatic heterocycles. The number of Topliss-reactive ketones (excluding diaryl/α,β-unsaturated/α-hetero) is 1. The number of pyridine rings is 1. The number of carbonyl (C=O) groups excluding carboxylic acids is 1. The maximum absolute atomic E-state index is 12.2. The highest BCUT2D eigenvalue weighted by atomic mass is 35.5. The molecule has 0 N–H and O–H groups in total. The topological polar surface area (TPSA) is 109 Å². The number of carbonyl (C=O) groups is 1. The highest BCUT2D eigenvalue weighted by Gasteiger charge is 2.24. The molecule has 4 heterocycles. The van der Waals surface area contributed by atoms with E-state index in [0.29, 0.717) is 46.3 Å². The zero-order chi connectivity index (χ0) is 30.6. The Balaban J connectivity index is 1.30. The van der Waals surface area contributed by atoms with E-state index in [9.17, 15) is 13.2 Å². The molecule has 230 valence electrons. The summed E-state index contributed by atoms with van der Waals surface area (Å²) in [5.41, 5.74) is 2.44. The van der Waals surface area contributed by atoms with Gasteiger partial charge in [-0.1, -0.05) is 23.2 Å². The molecule has 5 rings (SSSR count). The minimum atomic E-state index is -3.30. The third kappa shape index (κ3) is 9.33. The summed E-state index contributed by atoms with van der Waals surface area (Å²) in [5, 5.41) is 1.02. The molecule has 43 heavy (non-hydrogen) atoms. The molecule has 0 radical (unpaired) electrons. The number of ketones is 1. The Kier molecular flexibility index (Phi) is 10.2. The van der Waals surface area contributed by atoms with Gasteiger partial charge in [-0.2, -0.15) is 0 Å². The van der Waals surface area contributed by atoms with Gasteiger partial charge in [-0.15, -0.1) is 0 Å². The Labute approximate surface area is 262 Å². The Morgan fingerprint density at radius 1 is 0.953 bits per heavy atom. The number of piperidine rings is 1. The van der Waals surface area contributed by atoms with Crippen molar-refractivity contribution in [2.24, 2.45) is 5.92 Å². The highest BCUT2D eigenvalue weighted by molar-refractivity contribution is 7.91. The standard InChI is InChI=1S/C30H36Cl2N6O4S/c1-36-7-9-38(10-8-36)30-33-17-27(18-34-30)42-29-13-22(12-28(35-29)23-14-24(31)16-25(32)15-23)19-37-5-3-21(4-6-37)11-26(39)20-43(2,40)41/h12-18,21H,3-11,19-20H2,1-2H3. The van der Waals surface area contributed by atoms with E-state index < -0.39 is 9.84 Å². The normalized spacial score (nSPS) is 17.3. The van der Waals surface area contributed by atoms with Gasteiger partial charge < -0.3 is 14.5 Å². The first-order valence-electron chi connectivity index (χ1n) is 14.3. The molecule has 0 unspecified atom stereocenters. The van der Waals surface area contributed by atoms with Gasteiger partial charge in [0.2, 0.25) is 11.8 Å². The van der Waals surface area contributed by atoms with Crippen LogP contribution in [0.5, 0.6) is 11.6 Å². The van der Waals surface area contributed by atoms with Gasteiger partial charge in [0.05, 0.1) is 18.1 Å². The van der Waals surface area contributed by atoms with Gasteiger partial charge in [-0.25, -0.2) is 23.4 Å². The number of rotatable bonds is 10. The van der Waals surface area contributed by atoms with Gasteiger partial charge in [0, 0.05) is 67.1 Å². The maximum atomic E-state index is 12.2. The van der Waals surface area contributed by atoms with Crippen LogP contribution in [-0.2, 0) is 21.2 Å². The monoisotopic (exact) mass is 646 g/mol. The third-order valence-corrected chi connectivity index (χ3v) is 8.98. The van der Waals surface area contributed by atoms with Crippen molar-refractivity contribution < 1.29 is 17.9 Å². The third-order valence-electron chi connectivity index (χ3n) is 7.70. The molecular formula is C30H36Cl2N6O4S. The van der Waals surface area contributed by atoms with E-state index in [4.69, 9.17) is 32.9 Å². The summed E-state index contributed by atoms with van der Waals surface area (Å²) in [6.07, 6.45) is 6.41. The van der Waals surface area contributed by atoms with Gasteiger partial charge in [-0.3, -0.25) is 9.69 Å². The Morgan fingerprint density at radius 3 is 2.23 bits per heavy atom. The van der Waals surface area contributed by atoms with Crippen LogP contribution in [0.4, 0.5) is 5.95 Å². The van der Waals surface area contributed by atoms with Crippen LogP contribution in [0.15, 0.2) is 42.7 Å². The van der Waals surface area contributed by atoms with Crippen LogP contribution in [0.25, 0.3) is 11.3 Å². The summed E-state index contributed by atoms with van der Waals surface area (Å²) >= 11 is 12.6. The van der Waals surface area contributed by atoms with E-state index in [0.717, 1.165) is 69.5 Å². The van der Waals surface area contributed by atoms with Crippen LogP contribution >= 0.6 is 23.2 Å². The molecule has 0 amide bonds. The van der Waals surface area contributed by atoms with E-state index in [1.807, 2.05) is 24.3 Å². The number of anilines is 1. The number of benzene rings is 1. The summed E-state index contributed by atoms with van der Waals surface area (Å²) in [5.74, 6) is 1.17. The molecule has 3 aromatic rings. The molecule has 0 atom stereocenters. The average molecular weight is 648 g/mol. The van der Waals surface area contributed by atoms with Crippen molar-refractivity contribution in [1.29, 1.82) is 0 Å². The first-order valence-corrected chi connectivity index (χ1v) is 17.1. The molecule has 0 saturated carbocycles. The molecule has 0 bridgehead atoms. The molecule has 0 spiro atoms. The van der Waals surface area contributed by atoms with Crippen molar-refractivity contribution in [2.45, 2.75) is 25.8 Å². The minimum Gasteiger partial charge on any atom is -0.436 e. The maximum Gasteiger partial charge on any atom is 0.225 e. The highest BCUT2D eigenvalue weighted by Crippen LogP contribution is 2.31. The SMILES string of the molecule is CN1CCN(c2ncc(Oc3cc(CN4CCC(CC(=O)CS(C)(=O)=O)CC4)cc(-c4cc(Cl)cc(Cl)c4)n3)cn2)CC1. The fraction of sp³-hybridized carbons (Fsp3) is 0.467. The summed E-state index contributed by atoms with van der Waals surface area (Å²) in [4.78, 5) is 32.8. The fourth-order valence-corrected chi connectivity index (χ4v) is 6.71. The molecule has 0 aliphatic carbocycles. The van der Waals surface area contributed by atoms with Crippen molar-refractivity contribution in [3.63, 3.8) is 0 Å². The predicted molar refractivity (Wildman–Crippen MR) is 169 cm³/mol. The molecule has 2 saturated heterocycles. The lowest BCUT2D eigenvalue weighted by Crippen LogP contribution is -2.45. The van der Waals surface area contributed by atoms with Crippen molar-refractivity contribution in [2.75, 3.05) is 63.2 Å². The first-order chi connectivity index (χ1) is 20.5. The molecular weight excluding hydrogens is 611 g/mol. The lowest BCUT2D eigenvalue weighted by molar-refractivity contribution is -0.117. The van der Waals surface area contributed by atoms with Crippen LogP contribution in [-0.4, -0.2) is 97.3 Å². The van der Waals surface area contributed by atoms with Crippen LogP contribution in [0.1, 0.15) is 24.8 Å². The van der Waals surface area contributed by atoms with Gasteiger partial charge in [-0.05, 0) is 68.7 Å². The van der Waals surface area contributed by atoms with Gasteiger partial charge in [0.15, 0.2) is 15.6 Å². The number of likely N-dealkylation sites (tertiary alicyclic amines) is 1. The first kappa shape index (κ1) is 31.6. The Morgan fingerprint density at radius 2 is 1.60 bits per heavy atom. The number of sulfone groups is 1. The van der Waals surface area contributed by atoms with Crippen LogP contribution in [0.2, 0.25) is 10.0 Å².